The predicted molar refractivity (Wildman–Crippen MR) is 78.7 cm³/mol. The zero-order valence-corrected chi connectivity index (χ0v) is 12.7. The number of rotatable bonds is 4. The quantitative estimate of drug-likeness (QED) is 0.917. The highest BCUT2D eigenvalue weighted by Crippen LogP contribution is 2.34. The van der Waals surface area contributed by atoms with Crippen molar-refractivity contribution in [2.45, 2.75) is 50.7 Å². The van der Waals surface area contributed by atoms with Gasteiger partial charge in [0.2, 0.25) is 0 Å². The molecule has 3 heteroatoms. The summed E-state index contributed by atoms with van der Waals surface area (Å²) in [4.78, 5) is 0. The van der Waals surface area contributed by atoms with Crippen molar-refractivity contribution in [2.75, 3.05) is 6.54 Å². The lowest BCUT2D eigenvalue weighted by molar-refractivity contribution is -0.0206. The van der Waals surface area contributed by atoms with Crippen LogP contribution in [0.15, 0.2) is 28.7 Å². The van der Waals surface area contributed by atoms with Crippen molar-refractivity contribution in [1.82, 2.24) is 0 Å². The van der Waals surface area contributed by atoms with Crippen molar-refractivity contribution in [2.24, 2.45) is 5.73 Å². The zero-order valence-electron chi connectivity index (χ0n) is 11.2. The zero-order chi connectivity index (χ0) is 13.2. The Morgan fingerprint density at radius 1 is 1.39 bits per heavy atom. The second kappa shape index (κ2) is 5.72. The van der Waals surface area contributed by atoms with Crippen LogP contribution in [-0.2, 0) is 4.74 Å². The van der Waals surface area contributed by atoms with E-state index < -0.39 is 0 Å². The van der Waals surface area contributed by atoms with Crippen LogP contribution >= 0.6 is 15.9 Å². The van der Waals surface area contributed by atoms with Gasteiger partial charge in [-0.05, 0) is 63.3 Å². The van der Waals surface area contributed by atoms with E-state index in [1.54, 1.807) is 0 Å². The van der Waals surface area contributed by atoms with Crippen LogP contribution in [0, 0.1) is 0 Å². The van der Waals surface area contributed by atoms with Gasteiger partial charge < -0.3 is 10.5 Å². The predicted octanol–water partition coefficient (Wildman–Crippen LogP) is 3.84. The minimum atomic E-state index is 0.0452. The highest BCUT2D eigenvalue weighted by Gasteiger charge is 2.32. The molecule has 0 radical (unpaired) electrons. The summed E-state index contributed by atoms with van der Waals surface area (Å²) in [6.45, 7) is 5.02. The van der Waals surface area contributed by atoms with Crippen LogP contribution in [0.1, 0.15) is 44.6 Å². The van der Waals surface area contributed by atoms with Crippen LogP contribution in [0.5, 0.6) is 0 Å². The number of ether oxygens (including phenoxy) is 1. The smallest absolute Gasteiger partial charge is 0.0631 e. The molecule has 1 heterocycles. The van der Waals surface area contributed by atoms with E-state index in [0.29, 0.717) is 18.6 Å². The molecule has 100 valence electrons. The van der Waals surface area contributed by atoms with Gasteiger partial charge in [-0.2, -0.15) is 0 Å². The Morgan fingerprint density at radius 3 is 2.56 bits per heavy atom. The molecule has 2 rings (SSSR count). The van der Waals surface area contributed by atoms with Crippen LogP contribution < -0.4 is 5.73 Å². The summed E-state index contributed by atoms with van der Waals surface area (Å²) in [5, 5.41) is 0. The molecule has 2 atom stereocenters. The third kappa shape index (κ3) is 3.56. The summed E-state index contributed by atoms with van der Waals surface area (Å²) in [5.41, 5.74) is 7.28. The Bertz CT molecular complexity index is 388. The maximum atomic E-state index is 6.06. The van der Waals surface area contributed by atoms with Crippen LogP contribution in [0.25, 0.3) is 0 Å². The Balaban J connectivity index is 2.00. The van der Waals surface area contributed by atoms with E-state index in [-0.39, 0.29) is 5.60 Å². The fourth-order valence-corrected chi connectivity index (χ4v) is 2.93. The van der Waals surface area contributed by atoms with Gasteiger partial charge in [-0.1, -0.05) is 28.1 Å². The third-order valence-corrected chi connectivity index (χ3v) is 4.26. The molecule has 1 aromatic rings. The molecule has 0 spiro atoms. The number of benzene rings is 1. The minimum absolute atomic E-state index is 0.0452. The Morgan fingerprint density at radius 2 is 2.06 bits per heavy atom. The van der Waals surface area contributed by atoms with Crippen LogP contribution in [0.4, 0.5) is 0 Å². The van der Waals surface area contributed by atoms with E-state index in [2.05, 4.69) is 54.0 Å². The molecule has 1 fully saturated rings. The molecule has 2 unspecified atom stereocenters. The monoisotopic (exact) mass is 311 g/mol. The van der Waals surface area contributed by atoms with E-state index in [4.69, 9.17) is 10.5 Å². The van der Waals surface area contributed by atoms with Gasteiger partial charge in [0.05, 0.1) is 11.7 Å². The molecule has 0 saturated carbocycles. The molecule has 1 aliphatic rings. The highest BCUT2D eigenvalue weighted by molar-refractivity contribution is 9.10. The Labute approximate surface area is 118 Å². The largest absolute Gasteiger partial charge is 0.372 e. The second-order valence-corrected chi connectivity index (χ2v) is 6.67. The van der Waals surface area contributed by atoms with Gasteiger partial charge >= 0.3 is 0 Å². The molecule has 0 amide bonds. The summed E-state index contributed by atoms with van der Waals surface area (Å²) in [6.07, 6.45) is 3.69. The van der Waals surface area contributed by atoms with Crippen molar-refractivity contribution in [3.8, 4) is 0 Å². The van der Waals surface area contributed by atoms with Gasteiger partial charge in [0.15, 0.2) is 0 Å². The molecule has 0 aliphatic carbocycles. The van der Waals surface area contributed by atoms with Gasteiger partial charge in [0.1, 0.15) is 0 Å². The van der Waals surface area contributed by atoms with Gasteiger partial charge in [-0.15, -0.1) is 0 Å². The lowest BCUT2D eigenvalue weighted by atomic mass is 9.92. The SMILES string of the molecule is CC1(C)CCC(CC(CN)c2ccc(Br)cc2)O1. The summed E-state index contributed by atoms with van der Waals surface area (Å²) in [7, 11) is 0. The summed E-state index contributed by atoms with van der Waals surface area (Å²) in [6, 6.07) is 8.47. The molecule has 18 heavy (non-hydrogen) atoms. The van der Waals surface area contributed by atoms with E-state index in [9.17, 15) is 0 Å². The highest BCUT2D eigenvalue weighted by atomic mass is 79.9. The molecule has 0 aromatic heterocycles. The lowest BCUT2D eigenvalue weighted by Crippen LogP contribution is -2.23. The van der Waals surface area contributed by atoms with Gasteiger partial charge in [-0.25, -0.2) is 0 Å². The summed E-state index contributed by atoms with van der Waals surface area (Å²) >= 11 is 3.46. The standard InChI is InChI=1S/C15H22BrNO/c1-15(2)8-7-14(18-15)9-12(10-17)11-3-5-13(16)6-4-11/h3-6,12,14H,7-10,17H2,1-2H3. The van der Waals surface area contributed by atoms with E-state index in [1.165, 1.54) is 5.56 Å². The van der Waals surface area contributed by atoms with E-state index in [0.717, 1.165) is 23.7 Å². The second-order valence-electron chi connectivity index (χ2n) is 5.76. The molecule has 0 bridgehead atoms. The first-order valence-electron chi connectivity index (χ1n) is 6.63. The van der Waals surface area contributed by atoms with Gasteiger partial charge in [0, 0.05) is 4.47 Å². The van der Waals surface area contributed by atoms with Crippen LogP contribution in [0.3, 0.4) is 0 Å². The van der Waals surface area contributed by atoms with Crippen LogP contribution in [0.2, 0.25) is 0 Å². The normalized spacial score (nSPS) is 24.1. The third-order valence-electron chi connectivity index (χ3n) is 3.73. The fourth-order valence-electron chi connectivity index (χ4n) is 2.66. The summed E-state index contributed by atoms with van der Waals surface area (Å²) < 4.78 is 7.17. The molecule has 1 aliphatic heterocycles. The fraction of sp³-hybridized carbons (Fsp3) is 0.600. The van der Waals surface area contributed by atoms with E-state index in [1.807, 2.05) is 0 Å². The maximum absolute atomic E-state index is 6.06. The first-order chi connectivity index (χ1) is 8.50. The van der Waals surface area contributed by atoms with Crippen molar-refractivity contribution in [1.29, 1.82) is 0 Å². The van der Waals surface area contributed by atoms with Gasteiger partial charge in [-0.3, -0.25) is 0 Å². The average molecular weight is 312 g/mol. The molecule has 2 N–H and O–H groups in total. The molecular formula is C15H22BrNO. The number of nitrogens with two attached hydrogens (primary N) is 1. The first-order valence-corrected chi connectivity index (χ1v) is 7.43. The topological polar surface area (TPSA) is 35.2 Å². The average Bonchev–Trinajstić information content (AvgIpc) is 2.67. The summed E-state index contributed by atoms with van der Waals surface area (Å²) in [5.74, 6) is 0.400. The van der Waals surface area contributed by atoms with Crippen molar-refractivity contribution in [3.05, 3.63) is 34.3 Å². The maximum Gasteiger partial charge on any atom is 0.0631 e. The Hall–Kier alpha value is -0.380. The van der Waals surface area contributed by atoms with Crippen molar-refractivity contribution in [3.63, 3.8) is 0 Å². The molecule has 1 saturated heterocycles. The van der Waals surface area contributed by atoms with Crippen molar-refractivity contribution < 1.29 is 4.74 Å². The van der Waals surface area contributed by atoms with Crippen molar-refractivity contribution >= 4 is 15.9 Å². The number of halogens is 1. The van der Waals surface area contributed by atoms with Crippen LogP contribution in [-0.4, -0.2) is 18.2 Å². The van der Waals surface area contributed by atoms with E-state index >= 15 is 0 Å². The number of hydrogen-bond acceptors (Lipinski definition) is 2. The lowest BCUT2D eigenvalue weighted by Gasteiger charge is -2.23. The Kier molecular flexibility index (Phi) is 4.46. The minimum Gasteiger partial charge on any atom is -0.372 e. The molecule has 2 nitrogen and oxygen atoms in total. The number of hydrogen-bond donors (Lipinski definition) is 1. The first kappa shape index (κ1) is 14.0. The van der Waals surface area contributed by atoms with Gasteiger partial charge in [0.25, 0.3) is 0 Å². The molecule has 1 aromatic carbocycles. The molecular weight excluding hydrogens is 290 g/mol.